The highest BCUT2D eigenvalue weighted by molar-refractivity contribution is 5.30. The second-order valence-corrected chi connectivity index (χ2v) is 4.26. The predicted molar refractivity (Wildman–Crippen MR) is 75.2 cm³/mol. The van der Waals surface area contributed by atoms with Crippen molar-refractivity contribution in [2.24, 2.45) is 0 Å². The number of hydrogen-bond acceptors (Lipinski definition) is 4. The molecule has 19 heavy (non-hydrogen) atoms. The average Bonchev–Trinajstić information content (AvgIpc) is 2.46. The lowest BCUT2D eigenvalue weighted by atomic mass is 10.2. The van der Waals surface area contributed by atoms with E-state index < -0.39 is 0 Å². The van der Waals surface area contributed by atoms with E-state index in [-0.39, 0.29) is 5.56 Å². The lowest BCUT2D eigenvalue weighted by Gasteiger charge is -2.07. The number of anilines is 1. The Hall–Kier alpha value is -2.17. The van der Waals surface area contributed by atoms with Crippen molar-refractivity contribution >= 4 is 5.95 Å². The van der Waals surface area contributed by atoms with Gasteiger partial charge in [0.25, 0.3) is 5.56 Å². The first-order chi connectivity index (χ1) is 9.22. The Labute approximate surface area is 112 Å². The van der Waals surface area contributed by atoms with Gasteiger partial charge in [-0.1, -0.05) is 19.9 Å². The van der Waals surface area contributed by atoms with E-state index in [1.165, 1.54) is 0 Å². The highest BCUT2D eigenvalue weighted by Gasteiger charge is 2.04. The number of nitrogens with one attached hydrogen (secondary N) is 2. The summed E-state index contributed by atoms with van der Waals surface area (Å²) in [6, 6.07) is 5.61. The van der Waals surface area contributed by atoms with Crippen molar-refractivity contribution in [1.82, 2.24) is 15.0 Å². The van der Waals surface area contributed by atoms with Crippen molar-refractivity contribution < 1.29 is 0 Å². The number of nitrogens with zero attached hydrogens (tertiary/aromatic N) is 2. The van der Waals surface area contributed by atoms with Crippen LogP contribution >= 0.6 is 0 Å². The molecule has 0 atom stereocenters. The molecule has 2 heterocycles. The third-order valence-corrected chi connectivity index (χ3v) is 2.89. The Bertz CT molecular complexity index is 584. The summed E-state index contributed by atoms with van der Waals surface area (Å²) < 4.78 is 0. The predicted octanol–water partition coefficient (Wildman–Crippen LogP) is 1.90. The van der Waals surface area contributed by atoms with Gasteiger partial charge in [-0.3, -0.25) is 4.79 Å². The molecule has 0 unspecified atom stereocenters. The van der Waals surface area contributed by atoms with Crippen molar-refractivity contribution in [3.63, 3.8) is 0 Å². The molecule has 0 saturated heterocycles. The van der Waals surface area contributed by atoms with E-state index in [0.29, 0.717) is 18.1 Å². The zero-order valence-electron chi connectivity index (χ0n) is 11.2. The van der Waals surface area contributed by atoms with Crippen LogP contribution in [0, 0.1) is 0 Å². The van der Waals surface area contributed by atoms with E-state index in [4.69, 9.17) is 0 Å². The molecule has 0 radical (unpaired) electrons. The minimum atomic E-state index is -0.0858. The standard InChI is InChI=1S/C14H18N4O/c1-3-11-8-12(4-2)18-14(17-11)16-9-10-6-5-7-15-13(10)19/h5-8H,3-4,9H2,1-2H3,(H,15,19)(H,16,17,18). The summed E-state index contributed by atoms with van der Waals surface area (Å²) >= 11 is 0. The number of pyridine rings is 1. The molecule has 2 rings (SSSR count). The fourth-order valence-corrected chi connectivity index (χ4v) is 1.77. The van der Waals surface area contributed by atoms with Crippen LogP contribution in [0.25, 0.3) is 0 Å². The molecule has 0 aliphatic carbocycles. The molecule has 0 aromatic carbocycles. The minimum Gasteiger partial charge on any atom is -0.350 e. The molecule has 0 saturated carbocycles. The van der Waals surface area contributed by atoms with Gasteiger partial charge in [0.1, 0.15) is 0 Å². The van der Waals surface area contributed by atoms with Crippen LogP contribution in [-0.4, -0.2) is 15.0 Å². The van der Waals surface area contributed by atoms with Gasteiger partial charge >= 0.3 is 0 Å². The van der Waals surface area contributed by atoms with E-state index >= 15 is 0 Å². The summed E-state index contributed by atoms with van der Waals surface area (Å²) in [5, 5.41) is 3.11. The fraction of sp³-hybridized carbons (Fsp3) is 0.357. The lowest BCUT2D eigenvalue weighted by Crippen LogP contribution is -2.16. The normalized spacial score (nSPS) is 10.4. The summed E-state index contributed by atoms with van der Waals surface area (Å²) in [7, 11) is 0. The van der Waals surface area contributed by atoms with Gasteiger partial charge in [-0.2, -0.15) is 0 Å². The second kappa shape index (κ2) is 6.13. The van der Waals surface area contributed by atoms with E-state index in [1.54, 1.807) is 18.3 Å². The van der Waals surface area contributed by atoms with E-state index in [1.807, 2.05) is 6.07 Å². The highest BCUT2D eigenvalue weighted by Crippen LogP contribution is 2.07. The van der Waals surface area contributed by atoms with E-state index in [2.05, 4.69) is 34.1 Å². The molecule has 100 valence electrons. The second-order valence-electron chi connectivity index (χ2n) is 4.26. The van der Waals surface area contributed by atoms with Crippen molar-refractivity contribution in [2.45, 2.75) is 33.2 Å². The van der Waals surface area contributed by atoms with Crippen molar-refractivity contribution in [1.29, 1.82) is 0 Å². The topological polar surface area (TPSA) is 70.7 Å². The van der Waals surface area contributed by atoms with Gasteiger partial charge in [-0.05, 0) is 25.0 Å². The number of hydrogen-bond donors (Lipinski definition) is 2. The largest absolute Gasteiger partial charge is 0.350 e. The molecular formula is C14H18N4O. The maximum atomic E-state index is 11.6. The van der Waals surface area contributed by atoms with Crippen LogP contribution in [0.3, 0.4) is 0 Å². The van der Waals surface area contributed by atoms with Gasteiger partial charge in [-0.25, -0.2) is 9.97 Å². The maximum absolute atomic E-state index is 11.6. The summed E-state index contributed by atoms with van der Waals surface area (Å²) in [5.74, 6) is 0.583. The Kier molecular flexibility index (Phi) is 4.28. The molecule has 0 aliphatic rings. The van der Waals surface area contributed by atoms with Gasteiger partial charge in [0.05, 0.1) is 0 Å². The van der Waals surface area contributed by atoms with Crippen LogP contribution in [0.5, 0.6) is 0 Å². The summed E-state index contributed by atoms with van der Waals surface area (Å²) in [4.78, 5) is 23.0. The van der Waals surface area contributed by atoms with Gasteiger partial charge < -0.3 is 10.3 Å². The molecule has 0 amide bonds. The third-order valence-electron chi connectivity index (χ3n) is 2.89. The first kappa shape index (κ1) is 13.3. The van der Waals surface area contributed by atoms with Crippen LogP contribution < -0.4 is 10.9 Å². The SMILES string of the molecule is CCc1cc(CC)nc(NCc2ccc[nH]c2=O)n1. The number of aryl methyl sites for hydroxylation is 2. The first-order valence-electron chi connectivity index (χ1n) is 6.50. The lowest BCUT2D eigenvalue weighted by molar-refractivity contribution is 0.919. The average molecular weight is 258 g/mol. The minimum absolute atomic E-state index is 0.0858. The summed E-state index contributed by atoms with van der Waals surface area (Å²) in [5.41, 5.74) is 2.61. The number of rotatable bonds is 5. The smallest absolute Gasteiger partial charge is 0.252 e. The van der Waals surface area contributed by atoms with Crippen molar-refractivity contribution in [3.8, 4) is 0 Å². The molecule has 5 nitrogen and oxygen atoms in total. The number of aromatic nitrogens is 3. The monoisotopic (exact) mass is 258 g/mol. The third kappa shape index (κ3) is 3.40. The van der Waals surface area contributed by atoms with Gasteiger partial charge in [0.2, 0.25) is 5.95 Å². The van der Waals surface area contributed by atoms with Gasteiger partial charge in [-0.15, -0.1) is 0 Å². The molecule has 2 aromatic rings. The number of H-pyrrole nitrogens is 1. The Morgan fingerprint density at radius 2 is 1.89 bits per heavy atom. The van der Waals surface area contributed by atoms with Gasteiger partial charge in [0.15, 0.2) is 0 Å². The Morgan fingerprint density at radius 3 is 2.47 bits per heavy atom. The zero-order valence-corrected chi connectivity index (χ0v) is 11.2. The van der Waals surface area contributed by atoms with Crippen LogP contribution in [-0.2, 0) is 19.4 Å². The Morgan fingerprint density at radius 1 is 1.21 bits per heavy atom. The van der Waals surface area contributed by atoms with Gasteiger partial charge in [0, 0.05) is 29.7 Å². The van der Waals surface area contributed by atoms with Crippen molar-refractivity contribution in [3.05, 3.63) is 51.7 Å². The Balaban J connectivity index is 2.15. The molecule has 0 spiro atoms. The molecule has 2 aromatic heterocycles. The van der Waals surface area contributed by atoms with Crippen LogP contribution in [0.4, 0.5) is 5.95 Å². The zero-order chi connectivity index (χ0) is 13.7. The maximum Gasteiger partial charge on any atom is 0.252 e. The fourth-order valence-electron chi connectivity index (χ4n) is 1.77. The highest BCUT2D eigenvalue weighted by atomic mass is 16.1. The van der Waals surface area contributed by atoms with Crippen molar-refractivity contribution in [2.75, 3.05) is 5.32 Å². The van der Waals surface area contributed by atoms with Crippen LogP contribution in [0.2, 0.25) is 0 Å². The van der Waals surface area contributed by atoms with E-state index in [9.17, 15) is 4.79 Å². The molecule has 0 aliphatic heterocycles. The molecular weight excluding hydrogens is 240 g/mol. The number of aromatic amines is 1. The quantitative estimate of drug-likeness (QED) is 0.859. The van der Waals surface area contributed by atoms with Crippen LogP contribution in [0.15, 0.2) is 29.2 Å². The van der Waals surface area contributed by atoms with Crippen LogP contribution in [0.1, 0.15) is 30.8 Å². The van der Waals surface area contributed by atoms with E-state index in [0.717, 1.165) is 24.2 Å². The molecule has 0 fully saturated rings. The molecule has 5 heteroatoms. The molecule has 0 bridgehead atoms. The first-order valence-corrected chi connectivity index (χ1v) is 6.50. The molecule has 2 N–H and O–H groups in total. The summed E-state index contributed by atoms with van der Waals surface area (Å²) in [6.07, 6.45) is 3.36. The summed E-state index contributed by atoms with van der Waals surface area (Å²) in [6.45, 7) is 4.55.